The second kappa shape index (κ2) is 7.37. The Bertz CT molecular complexity index is 840. The third-order valence-electron chi connectivity index (χ3n) is 4.14. The molecule has 2 heterocycles. The molecule has 1 unspecified atom stereocenters. The predicted molar refractivity (Wildman–Crippen MR) is 92.1 cm³/mol. The highest BCUT2D eigenvalue weighted by Crippen LogP contribution is 2.37. The van der Waals surface area contributed by atoms with Crippen LogP contribution in [0.1, 0.15) is 24.6 Å². The zero-order chi connectivity index (χ0) is 18.8. The van der Waals surface area contributed by atoms with Crippen molar-refractivity contribution in [2.75, 3.05) is 6.61 Å². The summed E-state index contributed by atoms with van der Waals surface area (Å²) >= 11 is 0. The molecule has 0 saturated heterocycles. The standard InChI is InChI=1S/C19H19F3N2O2/c1-10(23)18-8-16(14-5-3-12(21)7-17(14)22)15-6-4-13(9-25-11(2)20)26-19(15)24-18/h3,5,7-8,11,13H,1,4,6,9,23H2,2H3/t11?,13-/m0/s1. The second-order valence-electron chi connectivity index (χ2n) is 6.14. The molecule has 2 N–H and O–H groups in total. The highest BCUT2D eigenvalue weighted by Gasteiger charge is 2.26. The summed E-state index contributed by atoms with van der Waals surface area (Å²) in [4.78, 5) is 4.33. The van der Waals surface area contributed by atoms with E-state index in [0.717, 1.165) is 6.07 Å². The Morgan fingerprint density at radius 2 is 2.15 bits per heavy atom. The number of pyridine rings is 1. The molecule has 0 bridgehead atoms. The summed E-state index contributed by atoms with van der Waals surface area (Å²) in [5, 5.41) is 0. The number of halogens is 3. The molecule has 1 aromatic heterocycles. The maximum atomic E-state index is 14.3. The number of rotatable bonds is 5. The van der Waals surface area contributed by atoms with Crippen molar-refractivity contribution in [2.24, 2.45) is 5.73 Å². The van der Waals surface area contributed by atoms with E-state index >= 15 is 0 Å². The van der Waals surface area contributed by atoms with Crippen molar-refractivity contribution in [3.05, 3.63) is 53.7 Å². The minimum absolute atomic E-state index is 0.0762. The van der Waals surface area contributed by atoms with Gasteiger partial charge in [0.15, 0.2) is 6.36 Å². The molecule has 1 aliphatic rings. The van der Waals surface area contributed by atoms with Crippen LogP contribution in [0, 0.1) is 11.6 Å². The number of hydrogen-bond acceptors (Lipinski definition) is 4. The molecule has 0 saturated carbocycles. The van der Waals surface area contributed by atoms with Crippen molar-refractivity contribution in [3.8, 4) is 17.0 Å². The first-order chi connectivity index (χ1) is 12.3. The van der Waals surface area contributed by atoms with Crippen LogP contribution in [0.5, 0.6) is 5.88 Å². The molecule has 7 heteroatoms. The number of alkyl halides is 1. The summed E-state index contributed by atoms with van der Waals surface area (Å²) in [5.41, 5.74) is 7.71. The third-order valence-corrected chi connectivity index (χ3v) is 4.14. The van der Waals surface area contributed by atoms with E-state index in [1.165, 1.54) is 19.1 Å². The van der Waals surface area contributed by atoms with Gasteiger partial charge in [0.1, 0.15) is 17.7 Å². The SMILES string of the molecule is C=C(N)c1cc(-c2ccc(F)cc2F)c2c(n1)O[C@H](COC(C)F)CC2. The Morgan fingerprint density at radius 1 is 1.38 bits per heavy atom. The summed E-state index contributed by atoms with van der Waals surface area (Å²) < 4.78 is 51.2. The molecule has 4 nitrogen and oxygen atoms in total. The van der Waals surface area contributed by atoms with E-state index in [4.69, 9.17) is 15.2 Å². The van der Waals surface area contributed by atoms with Gasteiger partial charge in [0, 0.05) is 17.2 Å². The van der Waals surface area contributed by atoms with Gasteiger partial charge in [-0.05, 0) is 43.5 Å². The van der Waals surface area contributed by atoms with E-state index in [1.807, 2.05) is 0 Å². The van der Waals surface area contributed by atoms with Crippen molar-refractivity contribution in [1.29, 1.82) is 0 Å². The van der Waals surface area contributed by atoms with Crippen molar-refractivity contribution in [3.63, 3.8) is 0 Å². The minimum Gasteiger partial charge on any atom is -0.472 e. The summed E-state index contributed by atoms with van der Waals surface area (Å²) in [6.07, 6.45) is -0.687. The van der Waals surface area contributed by atoms with Gasteiger partial charge in [-0.1, -0.05) is 6.58 Å². The molecule has 26 heavy (non-hydrogen) atoms. The Kier molecular flexibility index (Phi) is 5.18. The molecule has 0 amide bonds. The number of hydrogen-bond donors (Lipinski definition) is 1. The largest absolute Gasteiger partial charge is 0.472 e. The lowest BCUT2D eigenvalue weighted by Crippen LogP contribution is -2.30. The van der Waals surface area contributed by atoms with Gasteiger partial charge in [-0.15, -0.1) is 0 Å². The molecule has 0 aliphatic carbocycles. The average molecular weight is 364 g/mol. The maximum absolute atomic E-state index is 14.3. The highest BCUT2D eigenvalue weighted by molar-refractivity contribution is 5.74. The second-order valence-corrected chi connectivity index (χ2v) is 6.14. The van der Waals surface area contributed by atoms with E-state index in [9.17, 15) is 13.2 Å². The van der Waals surface area contributed by atoms with Crippen LogP contribution < -0.4 is 10.5 Å². The lowest BCUT2D eigenvalue weighted by molar-refractivity contribution is -0.0603. The first-order valence-electron chi connectivity index (χ1n) is 8.21. The number of benzene rings is 1. The van der Waals surface area contributed by atoms with Crippen molar-refractivity contribution in [2.45, 2.75) is 32.2 Å². The monoisotopic (exact) mass is 364 g/mol. The normalized spacial score (nSPS) is 17.3. The van der Waals surface area contributed by atoms with E-state index in [-0.39, 0.29) is 29.9 Å². The molecule has 0 spiro atoms. The molecule has 2 atom stereocenters. The van der Waals surface area contributed by atoms with Gasteiger partial charge in [0.25, 0.3) is 0 Å². The maximum Gasteiger partial charge on any atom is 0.218 e. The molecule has 0 radical (unpaired) electrons. The fourth-order valence-corrected chi connectivity index (χ4v) is 2.88. The van der Waals surface area contributed by atoms with Gasteiger partial charge in [-0.3, -0.25) is 0 Å². The van der Waals surface area contributed by atoms with Crippen LogP contribution >= 0.6 is 0 Å². The summed E-state index contributed by atoms with van der Waals surface area (Å²) in [7, 11) is 0. The number of nitrogens with two attached hydrogens (primary N) is 1. The van der Waals surface area contributed by atoms with E-state index in [1.54, 1.807) is 6.07 Å². The molecule has 1 aromatic carbocycles. The molecule has 0 fully saturated rings. The van der Waals surface area contributed by atoms with Crippen LogP contribution in [0.4, 0.5) is 13.2 Å². The van der Waals surface area contributed by atoms with Gasteiger partial charge < -0.3 is 15.2 Å². The molecule has 138 valence electrons. The van der Waals surface area contributed by atoms with Crippen LogP contribution in [0.25, 0.3) is 16.8 Å². The molecule has 2 aromatic rings. The minimum atomic E-state index is -1.40. The lowest BCUT2D eigenvalue weighted by atomic mass is 9.94. The topological polar surface area (TPSA) is 57.4 Å². The number of fused-ring (bicyclic) bond motifs is 1. The molecule has 1 aliphatic heterocycles. The number of aromatic nitrogens is 1. The van der Waals surface area contributed by atoms with Gasteiger partial charge in [-0.2, -0.15) is 0 Å². The van der Waals surface area contributed by atoms with Crippen LogP contribution in [0.15, 0.2) is 30.8 Å². The third kappa shape index (κ3) is 3.83. The fourth-order valence-electron chi connectivity index (χ4n) is 2.88. The average Bonchev–Trinajstić information content (AvgIpc) is 2.58. The summed E-state index contributed by atoms with van der Waals surface area (Å²) in [5.74, 6) is -1.07. The lowest BCUT2D eigenvalue weighted by Gasteiger charge is -2.27. The van der Waals surface area contributed by atoms with Gasteiger partial charge in [-0.25, -0.2) is 18.2 Å². The zero-order valence-electron chi connectivity index (χ0n) is 14.3. The summed E-state index contributed by atoms with van der Waals surface area (Å²) in [6.45, 7) is 5.02. The van der Waals surface area contributed by atoms with Gasteiger partial charge in [0.05, 0.1) is 18.0 Å². The van der Waals surface area contributed by atoms with Crippen LogP contribution in [0.2, 0.25) is 0 Å². The number of ether oxygens (including phenoxy) is 2. The van der Waals surface area contributed by atoms with Gasteiger partial charge >= 0.3 is 0 Å². The van der Waals surface area contributed by atoms with Crippen LogP contribution in [-0.2, 0) is 11.2 Å². The Balaban J connectivity index is 2.02. The quantitative estimate of drug-likeness (QED) is 0.872. The molecular weight excluding hydrogens is 345 g/mol. The highest BCUT2D eigenvalue weighted by atomic mass is 19.1. The Hall–Kier alpha value is -2.54. The Morgan fingerprint density at radius 3 is 2.81 bits per heavy atom. The predicted octanol–water partition coefficient (Wildman–Crippen LogP) is 3.98. The molecular formula is C19H19F3N2O2. The smallest absolute Gasteiger partial charge is 0.218 e. The Labute approximate surface area is 149 Å². The number of nitrogens with zero attached hydrogens (tertiary/aromatic N) is 1. The van der Waals surface area contributed by atoms with Gasteiger partial charge in [0.2, 0.25) is 5.88 Å². The van der Waals surface area contributed by atoms with Crippen molar-refractivity contribution in [1.82, 2.24) is 4.98 Å². The fraction of sp³-hybridized carbons (Fsp3) is 0.316. The first-order valence-corrected chi connectivity index (χ1v) is 8.21. The molecule has 3 rings (SSSR count). The first kappa shape index (κ1) is 18.3. The van der Waals surface area contributed by atoms with Crippen molar-refractivity contribution >= 4 is 5.70 Å². The van der Waals surface area contributed by atoms with Crippen molar-refractivity contribution < 1.29 is 22.6 Å². The van der Waals surface area contributed by atoms with E-state index < -0.39 is 18.0 Å². The van der Waals surface area contributed by atoms with E-state index in [2.05, 4.69) is 11.6 Å². The summed E-state index contributed by atoms with van der Waals surface area (Å²) in [6, 6.07) is 4.98. The zero-order valence-corrected chi connectivity index (χ0v) is 14.3. The van der Waals surface area contributed by atoms with E-state index in [0.29, 0.717) is 29.7 Å². The van der Waals surface area contributed by atoms with Crippen LogP contribution in [-0.4, -0.2) is 24.1 Å². The van der Waals surface area contributed by atoms with Crippen LogP contribution in [0.3, 0.4) is 0 Å².